The maximum atomic E-state index is 12.6. The first kappa shape index (κ1) is 17.9. The molecule has 3 rings (SSSR count). The van der Waals surface area contributed by atoms with Gasteiger partial charge in [-0.3, -0.25) is 10.1 Å². The Morgan fingerprint density at radius 3 is 2.62 bits per heavy atom. The third kappa shape index (κ3) is 3.70. The molecule has 2 heterocycles. The van der Waals surface area contributed by atoms with E-state index in [1.165, 1.54) is 11.3 Å². The van der Waals surface area contributed by atoms with Gasteiger partial charge >= 0.3 is 0 Å². The lowest BCUT2D eigenvalue weighted by Crippen LogP contribution is -2.15. The summed E-state index contributed by atoms with van der Waals surface area (Å²) in [6, 6.07) is 7.30. The van der Waals surface area contributed by atoms with Crippen LogP contribution in [0.3, 0.4) is 0 Å². The fraction of sp³-hybridized carbons (Fsp3) is 0.278. The average molecular weight is 373 g/mol. The van der Waals surface area contributed by atoms with Crippen molar-refractivity contribution in [1.29, 1.82) is 0 Å². The average Bonchev–Trinajstić information content (AvgIpc) is 3.15. The molecule has 0 aliphatic heterocycles. The second-order valence-electron chi connectivity index (χ2n) is 5.62. The zero-order valence-corrected chi connectivity index (χ0v) is 15.8. The van der Waals surface area contributed by atoms with Crippen molar-refractivity contribution in [3.8, 4) is 11.5 Å². The summed E-state index contributed by atoms with van der Waals surface area (Å²) in [6.07, 6.45) is 0. The van der Waals surface area contributed by atoms with Crippen LogP contribution in [0.15, 0.2) is 28.8 Å². The maximum Gasteiger partial charge on any atom is 0.280 e. The minimum atomic E-state index is -0.380. The molecule has 0 radical (unpaired) electrons. The van der Waals surface area contributed by atoms with Gasteiger partial charge in [0.2, 0.25) is 0 Å². The van der Waals surface area contributed by atoms with E-state index < -0.39 is 0 Å². The number of benzene rings is 1. The number of rotatable bonds is 6. The number of ether oxygens (including phenoxy) is 2. The van der Waals surface area contributed by atoms with Crippen molar-refractivity contribution in [2.75, 3.05) is 12.4 Å². The number of methoxy groups -OCH3 is 1. The van der Waals surface area contributed by atoms with Crippen LogP contribution in [0.5, 0.6) is 11.5 Å². The lowest BCUT2D eigenvalue weighted by atomic mass is 10.2. The molecule has 1 aromatic carbocycles. The Labute approximate surface area is 154 Å². The summed E-state index contributed by atoms with van der Waals surface area (Å²) in [6.45, 7) is 5.72. The molecule has 1 N–H and O–H groups in total. The molecule has 0 saturated heterocycles. The molecule has 136 valence electrons. The molecule has 0 bridgehead atoms. The number of thiazole rings is 1. The topological polar surface area (TPSA) is 86.5 Å². The third-order valence-electron chi connectivity index (χ3n) is 3.89. The standard InChI is InChI=1S/C18H19N3O4S/c1-10-12(3)26-18(19-10)20-17(22)16-13(11(2)25-21-16)9-24-15-8-6-5-7-14(15)23-4/h5-8H,9H2,1-4H3,(H,19,20,22). The monoisotopic (exact) mass is 373 g/mol. The number of nitrogens with one attached hydrogen (secondary N) is 1. The zero-order valence-electron chi connectivity index (χ0n) is 15.0. The molecule has 0 unspecified atom stereocenters. The van der Waals surface area contributed by atoms with Crippen LogP contribution in [0.1, 0.15) is 32.4 Å². The van der Waals surface area contributed by atoms with Crippen LogP contribution in [-0.2, 0) is 6.61 Å². The minimum Gasteiger partial charge on any atom is -0.493 e. The fourth-order valence-electron chi connectivity index (χ4n) is 2.31. The number of nitrogens with zero attached hydrogens (tertiary/aromatic N) is 2. The molecule has 1 amide bonds. The number of anilines is 1. The predicted molar refractivity (Wildman–Crippen MR) is 98.1 cm³/mol. The van der Waals surface area contributed by atoms with Gasteiger partial charge in [0, 0.05) is 4.88 Å². The van der Waals surface area contributed by atoms with E-state index >= 15 is 0 Å². The summed E-state index contributed by atoms with van der Waals surface area (Å²) < 4.78 is 16.3. The highest BCUT2D eigenvalue weighted by Crippen LogP contribution is 2.28. The number of aromatic nitrogens is 2. The van der Waals surface area contributed by atoms with Gasteiger partial charge in [-0.2, -0.15) is 0 Å². The second kappa shape index (κ2) is 7.57. The van der Waals surface area contributed by atoms with Gasteiger partial charge in [-0.15, -0.1) is 11.3 Å². The molecule has 0 fully saturated rings. The Morgan fingerprint density at radius 1 is 1.23 bits per heavy atom. The first-order valence-electron chi connectivity index (χ1n) is 7.96. The van der Waals surface area contributed by atoms with Crippen molar-refractivity contribution in [3.63, 3.8) is 0 Å². The van der Waals surface area contributed by atoms with Crippen molar-refractivity contribution in [2.45, 2.75) is 27.4 Å². The number of hydrogen-bond donors (Lipinski definition) is 1. The molecule has 8 heteroatoms. The van der Waals surface area contributed by atoms with E-state index in [9.17, 15) is 4.79 Å². The number of para-hydroxylation sites is 2. The van der Waals surface area contributed by atoms with Gasteiger partial charge < -0.3 is 14.0 Å². The van der Waals surface area contributed by atoms with Crippen molar-refractivity contribution in [1.82, 2.24) is 10.1 Å². The fourth-order valence-corrected chi connectivity index (χ4v) is 3.12. The molecule has 0 atom stereocenters. The van der Waals surface area contributed by atoms with Gasteiger partial charge in [0.05, 0.1) is 18.4 Å². The van der Waals surface area contributed by atoms with Crippen molar-refractivity contribution < 1.29 is 18.8 Å². The minimum absolute atomic E-state index is 0.133. The first-order valence-corrected chi connectivity index (χ1v) is 8.77. The molecule has 0 aliphatic carbocycles. The first-order chi connectivity index (χ1) is 12.5. The predicted octanol–water partition coefficient (Wildman–Crippen LogP) is 3.90. The summed E-state index contributed by atoms with van der Waals surface area (Å²) >= 11 is 1.42. The summed E-state index contributed by atoms with van der Waals surface area (Å²) in [4.78, 5) is 17.9. The van der Waals surface area contributed by atoms with E-state index in [0.717, 1.165) is 10.6 Å². The van der Waals surface area contributed by atoms with Gasteiger partial charge in [0.1, 0.15) is 12.4 Å². The number of carbonyl (C=O) groups is 1. The van der Waals surface area contributed by atoms with E-state index in [0.29, 0.717) is 28.0 Å². The van der Waals surface area contributed by atoms with Gasteiger partial charge in [-0.25, -0.2) is 4.98 Å². The highest BCUT2D eigenvalue weighted by Gasteiger charge is 2.22. The van der Waals surface area contributed by atoms with Crippen LogP contribution in [0.2, 0.25) is 0 Å². The van der Waals surface area contributed by atoms with E-state index in [4.69, 9.17) is 14.0 Å². The number of carbonyl (C=O) groups excluding carboxylic acids is 1. The van der Waals surface area contributed by atoms with Crippen molar-refractivity contribution in [3.05, 3.63) is 51.9 Å². The molecule has 7 nitrogen and oxygen atoms in total. The third-order valence-corrected chi connectivity index (χ3v) is 4.88. The summed E-state index contributed by atoms with van der Waals surface area (Å²) in [7, 11) is 1.57. The number of aryl methyl sites for hydroxylation is 3. The quantitative estimate of drug-likeness (QED) is 0.705. The van der Waals surface area contributed by atoms with Gasteiger partial charge in [-0.05, 0) is 32.9 Å². The molecule has 2 aromatic heterocycles. The Bertz CT molecular complexity index is 913. The van der Waals surface area contributed by atoms with Gasteiger partial charge in [-0.1, -0.05) is 17.3 Å². The van der Waals surface area contributed by atoms with Crippen LogP contribution in [-0.4, -0.2) is 23.2 Å². The number of hydrogen-bond acceptors (Lipinski definition) is 7. The largest absolute Gasteiger partial charge is 0.493 e. The van der Waals surface area contributed by atoms with Crippen LogP contribution in [0.4, 0.5) is 5.13 Å². The highest BCUT2D eigenvalue weighted by molar-refractivity contribution is 7.15. The van der Waals surface area contributed by atoms with E-state index in [2.05, 4.69) is 15.5 Å². The summed E-state index contributed by atoms with van der Waals surface area (Å²) in [5.41, 5.74) is 1.66. The Balaban J connectivity index is 1.77. The smallest absolute Gasteiger partial charge is 0.280 e. The van der Waals surface area contributed by atoms with E-state index in [-0.39, 0.29) is 18.2 Å². The molecule has 0 aliphatic rings. The lowest BCUT2D eigenvalue weighted by Gasteiger charge is -2.10. The molecule has 0 saturated carbocycles. The lowest BCUT2D eigenvalue weighted by molar-refractivity contribution is 0.101. The van der Waals surface area contributed by atoms with Gasteiger partial charge in [0.15, 0.2) is 22.3 Å². The van der Waals surface area contributed by atoms with Crippen LogP contribution >= 0.6 is 11.3 Å². The molecular weight excluding hydrogens is 354 g/mol. The highest BCUT2D eigenvalue weighted by atomic mass is 32.1. The second-order valence-corrected chi connectivity index (χ2v) is 6.82. The molecule has 26 heavy (non-hydrogen) atoms. The van der Waals surface area contributed by atoms with Crippen LogP contribution in [0.25, 0.3) is 0 Å². The molecule has 0 spiro atoms. The number of amides is 1. The van der Waals surface area contributed by atoms with E-state index in [1.807, 2.05) is 26.0 Å². The van der Waals surface area contributed by atoms with E-state index in [1.54, 1.807) is 26.2 Å². The Morgan fingerprint density at radius 2 is 1.96 bits per heavy atom. The maximum absolute atomic E-state index is 12.6. The SMILES string of the molecule is COc1ccccc1OCc1c(C(=O)Nc2nc(C)c(C)s2)noc1C. The summed E-state index contributed by atoms with van der Waals surface area (Å²) in [5, 5.41) is 7.16. The Kier molecular flexibility index (Phi) is 5.22. The van der Waals surface area contributed by atoms with Gasteiger partial charge in [0.25, 0.3) is 5.91 Å². The zero-order chi connectivity index (χ0) is 18.7. The molecular formula is C18H19N3O4S. The van der Waals surface area contributed by atoms with Crippen LogP contribution in [0, 0.1) is 20.8 Å². The normalized spacial score (nSPS) is 10.6. The molecule has 3 aromatic rings. The van der Waals surface area contributed by atoms with Crippen molar-refractivity contribution in [2.24, 2.45) is 0 Å². The summed E-state index contributed by atoms with van der Waals surface area (Å²) in [5.74, 6) is 1.33. The van der Waals surface area contributed by atoms with Crippen LogP contribution < -0.4 is 14.8 Å². The van der Waals surface area contributed by atoms with Crippen molar-refractivity contribution >= 4 is 22.4 Å². The Hall–Kier alpha value is -2.87.